The minimum Gasteiger partial charge on any atom is -0.465 e. The number of amides is 3. The Balaban J connectivity index is 1.56. The standard InChI is InChI=1S/C21H26N4O4/c1-22-20(27)18-10-15-14-6-2-3-7-16(14)23-17(15)12-25(18)19(26)9-13-5-4-8-24(11-13)21(28)29/h2-3,6-7,13,18,23H,4-5,8-12H2,1H3,(H,22,27)(H,28,29)/t13-,18-/m1/s1. The Morgan fingerprint density at radius 1 is 1.28 bits per heavy atom. The second kappa shape index (κ2) is 7.77. The van der Waals surface area contributed by atoms with Gasteiger partial charge >= 0.3 is 6.09 Å². The summed E-state index contributed by atoms with van der Waals surface area (Å²) in [6.45, 7) is 1.25. The molecule has 8 heteroatoms. The van der Waals surface area contributed by atoms with Crippen LogP contribution in [0.4, 0.5) is 4.79 Å². The summed E-state index contributed by atoms with van der Waals surface area (Å²) < 4.78 is 0. The van der Waals surface area contributed by atoms with Gasteiger partial charge < -0.3 is 25.2 Å². The smallest absolute Gasteiger partial charge is 0.407 e. The molecule has 3 amide bonds. The molecule has 8 nitrogen and oxygen atoms in total. The van der Waals surface area contributed by atoms with Crippen molar-refractivity contribution in [3.05, 3.63) is 35.5 Å². The lowest BCUT2D eigenvalue weighted by Crippen LogP contribution is -2.52. The predicted molar refractivity (Wildman–Crippen MR) is 107 cm³/mol. The van der Waals surface area contributed by atoms with Gasteiger partial charge in [-0.15, -0.1) is 0 Å². The summed E-state index contributed by atoms with van der Waals surface area (Å²) in [5, 5.41) is 13.0. The van der Waals surface area contributed by atoms with Crippen LogP contribution in [0.2, 0.25) is 0 Å². The molecular weight excluding hydrogens is 372 g/mol. The lowest BCUT2D eigenvalue weighted by Gasteiger charge is -2.37. The molecule has 29 heavy (non-hydrogen) atoms. The van der Waals surface area contributed by atoms with Crippen LogP contribution in [0.25, 0.3) is 10.9 Å². The minimum absolute atomic E-state index is 0.0122. The molecule has 0 aliphatic carbocycles. The first-order valence-corrected chi connectivity index (χ1v) is 10.0. The van der Waals surface area contributed by atoms with Crippen molar-refractivity contribution in [1.82, 2.24) is 20.1 Å². The van der Waals surface area contributed by atoms with E-state index in [1.165, 1.54) is 4.90 Å². The number of nitrogens with zero attached hydrogens (tertiary/aromatic N) is 2. The van der Waals surface area contributed by atoms with Crippen LogP contribution in [0.1, 0.15) is 30.5 Å². The van der Waals surface area contributed by atoms with Gasteiger partial charge in [0.15, 0.2) is 0 Å². The van der Waals surface area contributed by atoms with E-state index in [0.29, 0.717) is 26.1 Å². The average molecular weight is 398 g/mol. The van der Waals surface area contributed by atoms with Crippen LogP contribution in [0.3, 0.4) is 0 Å². The molecule has 1 saturated heterocycles. The Hall–Kier alpha value is -3.03. The molecule has 0 spiro atoms. The summed E-state index contributed by atoms with van der Waals surface area (Å²) in [5.74, 6) is -0.285. The van der Waals surface area contributed by atoms with E-state index in [2.05, 4.69) is 10.3 Å². The first kappa shape index (κ1) is 19.3. The maximum absolute atomic E-state index is 13.2. The summed E-state index contributed by atoms with van der Waals surface area (Å²) in [4.78, 5) is 43.4. The zero-order valence-electron chi connectivity index (χ0n) is 16.5. The number of benzene rings is 1. The van der Waals surface area contributed by atoms with Crippen molar-refractivity contribution in [2.75, 3.05) is 20.1 Å². The Labute approximate surface area is 168 Å². The highest BCUT2D eigenvalue weighted by Gasteiger charge is 2.37. The molecule has 0 saturated carbocycles. The van der Waals surface area contributed by atoms with Gasteiger partial charge in [0, 0.05) is 49.6 Å². The highest BCUT2D eigenvalue weighted by molar-refractivity contribution is 5.91. The minimum atomic E-state index is -0.939. The summed E-state index contributed by atoms with van der Waals surface area (Å²) in [6, 6.07) is 7.40. The number of carboxylic acid groups (broad SMARTS) is 1. The molecule has 2 atom stereocenters. The maximum Gasteiger partial charge on any atom is 0.407 e. The highest BCUT2D eigenvalue weighted by atomic mass is 16.4. The third kappa shape index (κ3) is 3.66. The van der Waals surface area contributed by atoms with Crippen molar-refractivity contribution in [3.8, 4) is 0 Å². The van der Waals surface area contributed by atoms with Crippen molar-refractivity contribution in [1.29, 1.82) is 0 Å². The number of aromatic nitrogens is 1. The molecule has 0 unspecified atom stereocenters. The lowest BCUT2D eigenvalue weighted by atomic mass is 9.92. The van der Waals surface area contributed by atoms with E-state index in [1.54, 1.807) is 11.9 Å². The van der Waals surface area contributed by atoms with Gasteiger partial charge in [-0.3, -0.25) is 9.59 Å². The van der Waals surface area contributed by atoms with Crippen LogP contribution < -0.4 is 5.32 Å². The topological polar surface area (TPSA) is 106 Å². The molecule has 2 aliphatic heterocycles. The van der Waals surface area contributed by atoms with E-state index in [9.17, 15) is 19.5 Å². The SMILES string of the molecule is CNC(=O)[C@H]1Cc2c([nH]c3ccccc23)CN1C(=O)C[C@H]1CCCN(C(=O)O)C1. The molecule has 3 heterocycles. The fourth-order valence-electron chi connectivity index (χ4n) is 4.64. The largest absolute Gasteiger partial charge is 0.465 e. The number of carbonyl (C=O) groups excluding carboxylic acids is 2. The van der Waals surface area contributed by atoms with Crippen molar-refractivity contribution < 1.29 is 19.5 Å². The number of likely N-dealkylation sites (tertiary alicyclic amines) is 1. The van der Waals surface area contributed by atoms with Crippen molar-refractivity contribution >= 4 is 28.8 Å². The van der Waals surface area contributed by atoms with Crippen LogP contribution >= 0.6 is 0 Å². The van der Waals surface area contributed by atoms with Crippen LogP contribution in [0.15, 0.2) is 24.3 Å². The molecule has 0 bridgehead atoms. The Bertz CT molecular complexity index is 953. The van der Waals surface area contributed by atoms with E-state index in [4.69, 9.17) is 0 Å². The number of nitrogens with one attached hydrogen (secondary N) is 2. The molecule has 3 N–H and O–H groups in total. The number of carbonyl (C=O) groups is 3. The summed E-state index contributed by atoms with van der Waals surface area (Å²) in [5.41, 5.74) is 3.07. The van der Waals surface area contributed by atoms with Crippen LogP contribution in [0, 0.1) is 5.92 Å². The number of para-hydroxylation sites is 1. The number of hydrogen-bond acceptors (Lipinski definition) is 3. The van der Waals surface area contributed by atoms with Crippen LogP contribution in [-0.4, -0.2) is 64.0 Å². The van der Waals surface area contributed by atoms with Crippen molar-refractivity contribution in [3.63, 3.8) is 0 Å². The van der Waals surface area contributed by atoms with Crippen LogP contribution in [-0.2, 0) is 22.6 Å². The maximum atomic E-state index is 13.2. The fraction of sp³-hybridized carbons (Fsp3) is 0.476. The first-order chi connectivity index (χ1) is 14.0. The third-order valence-corrected chi connectivity index (χ3v) is 6.13. The number of hydrogen-bond donors (Lipinski definition) is 3. The molecule has 2 aromatic rings. The zero-order valence-corrected chi connectivity index (χ0v) is 16.5. The Kier molecular flexibility index (Phi) is 5.17. The highest BCUT2D eigenvalue weighted by Crippen LogP contribution is 2.31. The number of piperidine rings is 1. The van der Waals surface area contributed by atoms with Gasteiger partial charge in [0.25, 0.3) is 0 Å². The monoisotopic (exact) mass is 398 g/mol. The molecule has 4 rings (SSSR count). The van der Waals surface area contributed by atoms with Crippen molar-refractivity contribution in [2.24, 2.45) is 5.92 Å². The molecule has 0 radical (unpaired) electrons. The summed E-state index contributed by atoms with van der Waals surface area (Å²) in [7, 11) is 1.58. The molecule has 1 aromatic carbocycles. The van der Waals surface area contributed by atoms with Crippen LogP contribution in [0.5, 0.6) is 0 Å². The average Bonchev–Trinajstić information content (AvgIpc) is 3.10. The molecule has 154 valence electrons. The van der Waals surface area contributed by atoms with E-state index in [1.807, 2.05) is 24.3 Å². The second-order valence-corrected chi connectivity index (χ2v) is 7.92. The van der Waals surface area contributed by atoms with Gasteiger partial charge in [-0.1, -0.05) is 18.2 Å². The van der Waals surface area contributed by atoms with Gasteiger partial charge in [0.05, 0.1) is 6.54 Å². The van der Waals surface area contributed by atoms with Gasteiger partial charge in [-0.25, -0.2) is 4.79 Å². The van der Waals surface area contributed by atoms with Gasteiger partial charge in [0.2, 0.25) is 11.8 Å². The quantitative estimate of drug-likeness (QED) is 0.735. The fourth-order valence-corrected chi connectivity index (χ4v) is 4.64. The molecule has 1 aromatic heterocycles. The normalized spacial score (nSPS) is 21.7. The van der Waals surface area contributed by atoms with Gasteiger partial charge in [0.1, 0.15) is 6.04 Å². The lowest BCUT2D eigenvalue weighted by molar-refractivity contribution is -0.142. The van der Waals surface area contributed by atoms with Gasteiger partial charge in [-0.2, -0.15) is 0 Å². The Morgan fingerprint density at radius 2 is 2.07 bits per heavy atom. The molecular formula is C21H26N4O4. The van der Waals surface area contributed by atoms with E-state index in [0.717, 1.165) is 35.0 Å². The van der Waals surface area contributed by atoms with E-state index in [-0.39, 0.29) is 24.2 Å². The molecule has 1 fully saturated rings. The summed E-state index contributed by atoms with van der Waals surface area (Å²) >= 11 is 0. The number of likely N-dealkylation sites (N-methyl/N-ethyl adjacent to an activating group) is 1. The van der Waals surface area contributed by atoms with E-state index < -0.39 is 12.1 Å². The number of fused-ring (bicyclic) bond motifs is 3. The number of rotatable bonds is 3. The molecule has 2 aliphatic rings. The van der Waals surface area contributed by atoms with E-state index >= 15 is 0 Å². The van der Waals surface area contributed by atoms with Gasteiger partial charge in [-0.05, 0) is 30.4 Å². The second-order valence-electron chi connectivity index (χ2n) is 7.92. The first-order valence-electron chi connectivity index (χ1n) is 10.0. The number of aromatic amines is 1. The number of H-pyrrole nitrogens is 1. The zero-order chi connectivity index (χ0) is 20.5. The summed E-state index contributed by atoms with van der Waals surface area (Å²) in [6.07, 6.45) is 1.37. The van der Waals surface area contributed by atoms with Crippen molar-refractivity contribution in [2.45, 2.75) is 38.3 Å². The third-order valence-electron chi connectivity index (χ3n) is 6.13. The Morgan fingerprint density at radius 3 is 2.83 bits per heavy atom. The predicted octanol–water partition coefficient (Wildman–Crippen LogP) is 1.95.